The van der Waals surface area contributed by atoms with Gasteiger partial charge in [-0.15, -0.1) is 0 Å². The molecule has 2 aliphatic rings. The van der Waals surface area contributed by atoms with E-state index in [0.29, 0.717) is 16.1 Å². The Balaban J connectivity index is 1.54. The van der Waals surface area contributed by atoms with Crippen LogP contribution in [0.5, 0.6) is 0 Å². The van der Waals surface area contributed by atoms with E-state index in [2.05, 4.69) is 5.32 Å². The fourth-order valence-corrected chi connectivity index (χ4v) is 3.56. The van der Waals surface area contributed by atoms with Gasteiger partial charge in [0.05, 0.1) is 21.8 Å². The molecule has 1 N–H and O–H groups in total. The fourth-order valence-electron chi connectivity index (χ4n) is 3.26. The van der Waals surface area contributed by atoms with Crippen molar-refractivity contribution in [3.05, 3.63) is 28.2 Å². The highest BCUT2D eigenvalue weighted by Crippen LogP contribution is 2.43. The number of rotatable bonds is 3. The smallest absolute Gasteiger partial charge is 0.0756 e. The maximum Gasteiger partial charge on any atom is 0.0756 e. The van der Waals surface area contributed by atoms with Crippen molar-refractivity contribution in [3.63, 3.8) is 0 Å². The summed E-state index contributed by atoms with van der Waals surface area (Å²) < 4.78 is 6.26. The molecule has 2 nitrogen and oxygen atoms in total. The van der Waals surface area contributed by atoms with E-state index in [0.717, 1.165) is 18.7 Å². The number of ether oxygens (including phenoxy) is 1. The average molecular weight is 300 g/mol. The van der Waals surface area contributed by atoms with Crippen LogP contribution in [0.15, 0.2) is 18.2 Å². The second-order valence-corrected chi connectivity index (χ2v) is 6.49. The van der Waals surface area contributed by atoms with Gasteiger partial charge in [-0.1, -0.05) is 36.0 Å². The quantitative estimate of drug-likeness (QED) is 0.857. The summed E-state index contributed by atoms with van der Waals surface area (Å²) in [4.78, 5) is 0. The van der Waals surface area contributed by atoms with Gasteiger partial charge in [-0.25, -0.2) is 0 Å². The molecule has 1 aromatic carbocycles. The standard InChI is InChI=1S/C15H19Cl2NO/c16-13-4-3-11(9-14(13)17)18-10-12-5-8-15(19-12)6-1-2-7-15/h3-4,9,12,18H,1-2,5-8,10H2. The van der Waals surface area contributed by atoms with Crippen molar-refractivity contribution in [3.8, 4) is 0 Å². The molecule has 1 spiro atoms. The lowest BCUT2D eigenvalue weighted by atomic mass is 9.98. The number of anilines is 1. The predicted octanol–water partition coefficient (Wildman–Crippen LogP) is 4.90. The molecular weight excluding hydrogens is 281 g/mol. The second kappa shape index (κ2) is 5.51. The van der Waals surface area contributed by atoms with Crippen molar-refractivity contribution in [2.75, 3.05) is 11.9 Å². The van der Waals surface area contributed by atoms with E-state index in [1.165, 1.54) is 32.1 Å². The van der Waals surface area contributed by atoms with Crippen LogP contribution in [-0.4, -0.2) is 18.2 Å². The fraction of sp³-hybridized carbons (Fsp3) is 0.600. The number of hydrogen-bond donors (Lipinski definition) is 1. The third-order valence-electron chi connectivity index (χ3n) is 4.31. The van der Waals surface area contributed by atoms with Crippen molar-refractivity contribution in [2.24, 2.45) is 0 Å². The summed E-state index contributed by atoms with van der Waals surface area (Å²) in [5, 5.41) is 4.57. The molecule has 1 unspecified atom stereocenters. The molecule has 1 atom stereocenters. The number of halogens is 2. The van der Waals surface area contributed by atoms with Crippen LogP contribution in [-0.2, 0) is 4.74 Å². The van der Waals surface area contributed by atoms with Crippen LogP contribution in [0.1, 0.15) is 38.5 Å². The number of hydrogen-bond acceptors (Lipinski definition) is 2. The van der Waals surface area contributed by atoms with Gasteiger partial charge in [-0.2, -0.15) is 0 Å². The summed E-state index contributed by atoms with van der Waals surface area (Å²) in [6, 6.07) is 5.64. The van der Waals surface area contributed by atoms with Crippen molar-refractivity contribution >= 4 is 28.9 Å². The summed E-state index contributed by atoms with van der Waals surface area (Å²) >= 11 is 11.9. The normalized spacial score (nSPS) is 25.1. The Morgan fingerprint density at radius 3 is 2.68 bits per heavy atom. The SMILES string of the molecule is Clc1ccc(NCC2CCC3(CCCC3)O2)cc1Cl. The molecule has 4 heteroatoms. The summed E-state index contributed by atoms with van der Waals surface area (Å²) in [5.41, 5.74) is 1.22. The highest BCUT2D eigenvalue weighted by atomic mass is 35.5. The van der Waals surface area contributed by atoms with Crippen LogP contribution >= 0.6 is 23.2 Å². The molecule has 0 bridgehead atoms. The molecule has 19 heavy (non-hydrogen) atoms. The van der Waals surface area contributed by atoms with E-state index in [-0.39, 0.29) is 5.60 Å². The first-order chi connectivity index (χ1) is 9.17. The minimum Gasteiger partial charge on any atom is -0.382 e. The first-order valence-corrected chi connectivity index (χ1v) is 7.79. The molecule has 1 heterocycles. The molecule has 1 aliphatic heterocycles. The highest BCUT2D eigenvalue weighted by Gasteiger charge is 2.41. The minimum atomic E-state index is 0.212. The van der Waals surface area contributed by atoms with Crippen molar-refractivity contribution in [1.82, 2.24) is 0 Å². The van der Waals surface area contributed by atoms with Crippen LogP contribution < -0.4 is 5.32 Å². The molecular formula is C15H19Cl2NO. The van der Waals surface area contributed by atoms with Crippen molar-refractivity contribution in [1.29, 1.82) is 0 Å². The summed E-state index contributed by atoms with van der Waals surface area (Å²) in [5.74, 6) is 0. The monoisotopic (exact) mass is 299 g/mol. The minimum absolute atomic E-state index is 0.212. The van der Waals surface area contributed by atoms with E-state index in [1.807, 2.05) is 18.2 Å². The molecule has 1 aromatic rings. The van der Waals surface area contributed by atoms with Gasteiger partial charge in [0, 0.05) is 12.2 Å². The molecule has 1 aliphatic carbocycles. The Kier molecular flexibility index (Phi) is 3.93. The maximum absolute atomic E-state index is 6.26. The number of nitrogens with one attached hydrogen (secondary N) is 1. The van der Waals surface area contributed by atoms with E-state index in [9.17, 15) is 0 Å². The van der Waals surface area contributed by atoms with E-state index in [4.69, 9.17) is 27.9 Å². The zero-order valence-electron chi connectivity index (χ0n) is 10.9. The zero-order chi connectivity index (χ0) is 13.3. The van der Waals surface area contributed by atoms with Crippen molar-refractivity contribution in [2.45, 2.75) is 50.2 Å². The lowest BCUT2D eigenvalue weighted by Crippen LogP contribution is -2.27. The molecule has 0 radical (unpaired) electrons. The average Bonchev–Trinajstić information content (AvgIpc) is 3.02. The Morgan fingerprint density at radius 2 is 1.95 bits per heavy atom. The topological polar surface area (TPSA) is 21.3 Å². The van der Waals surface area contributed by atoms with Gasteiger partial charge in [0.1, 0.15) is 0 Å². The van der Waals surface area contributed by atoms with Crippen LogP contribution in [0, 0.1) is 0 Å². The first-order valence-electron chi connectivity index (χ1n) is 7.04. The molecule has 0 aromatic heterocycles. The van der Waals surface area contributed by atoms with Gasteiger partial charge >= 0.3 is 0 Å². The Morgan fingerprint density at radius 1 is 1.16 bits per heavy atom. The van der Waals surface area contributed by atoms with Crippen LogP contribution in [0.2, 0.25) is 10.0 Å². The lowest BCUT2D eigenvalue weighted by molar-refractivity contribution is -0.0307. The molecule has 104 valence electrons. The van der Waals surface area contributed by atoms with Gasteiger partial charge in [0.25, 0.3) is 0 Å². The van der Waals surface area contributed by atoms with E-state index < -0.39 is 0 Å². The summed E-state index contributed by atoms with van der Waals surface area (Å²) in [7, 11) is 0. The van der Waals surface area contributed by atoms with Gasteiger partial charge in [-0.05, 0) is 43.9 Å². The van der Waals surface area contributed by atoms with Gasteiger partial charge in [-0.3, -0.25) is 0 Å². The Bertz CT molecular complexity index is 457. The first kappa shape index (κ1) is 13.5. The summed E-state index contributed by atoms with van der Waals surface area (Å²) in [6.45, 7) is 0.847. The molecule has 0 amide bonds. The van der Waals surface area contributed by atoms with E-state index >= 15 is 0 Å². The third-order valence-corrected chi connectivity index (χ3v) is 5.05. The molecule has 1 saturated heterocycles. The molecule has 2 fully saturated rings. The third kappa shape index (κ3) is 3.01. The lowest BCUT2D eigenvalue weighted by Gasteiger charge is -2.24. The summed E-state index contributed by atoms with van der Waals surface area (Å²) in [6.07, 6.45) is 7.86. The van der Waals surface area contributed by atoms with Gasteiger partial charge in [0.15, 0.2) is 0 Å². The van der Waals surface area contributed by atoms with E-state index in [1.54, 1.807) is 0 Å². The van der Waals surface area contributed by atoms with Gasteiger partial charge in [0.2, 0.25) is 0 Å². The number of benzene rings is 1. The Labute approximate surface area is 124 Å². The Hall–Kier alpha value is -0.440. The van der Waals surface area contributed by atoms with Crippen LogP contribution in [0.4, 0.5) is 5.69 Å². The van der Waals surface area contributed by atoms with Crippen LogP contribution in [0.3, 0.4) is 0 Å². The van der Waals surface area contributed by atoms with Gasteiger partial charge < -0.3 is 10.1 Å². The highest BCUT2D eigenvalue weighted by molar-refractivity contribution is 6.42. The predicted molar refractivity (Wildman–Crippen MR) is 80.3 cm³/mol. The zero-order valence-corrected chi connectivity index (χ0v) is 12.4. The van der Waals surface area contributed by atoms with Crippen molar-refractivity contribution < 1.29 is 4.74 Å². The van der Waals surface area contributed by atoms with Crippen LogP contribution in [0.25, 0.3) is 0 Å². The molecule has 3 rings (SSSR count). The largest absolute Gasteiger partial charge is 0.382 e. The maximum atomic E-state index is 6.26. The molecule has 1 saturated carbocycles. The second-order valence-electron chi connectivity index (χ2n) is 5.68.